The topological polar surface area (TPSA) is 38.9 Å². The van der Waals surface area contributed by atoms with Gasteiger partial charge in [0.2, 0.25) is 0 Å². The third-order valence-corrected chi connectivity index (χ3v) is 4.20. The molecule has 1 unspecified atom stereocenters. The molecule has 2 nitrogen and oxygen atoms in total. The van der Waals surface area contributed by atoms with Gasteiger partial charge in [-0.25, -0.2) is 4.39 Å². The van der Waals surface area contributed by atoms with Crippen molar-refractivity contribution < 1.29 is 4.39 Å². The number of nitrogens with zero attached hydrogens (tertiary/aromatic N) is 1. The van der Waals surface area contributed by atoms with E-state index < -0.39 is 0 Å². The van der Waals surface area contributed by atoms with Crippen LogP contribution in [0.2, 0.25) is 0 Å². The van der Waals surface area contributed by atoms with E-state index in [4.69, 9.17) is 5.73 Å². The number of rotatable bonds is 4. The zero-order valence-electron chi connectivity index (χ0n) is 11.6. The van der Waals surface area contributed by atoms with Gasteiger partial charge in [0, 0.05) is 34.2 Å². The normalized spacial score (nSPS) is 13.2. The largest absolute Gasteiger partial charge is 0.327 e. The van der Waals surface area contributed by atoms with E-state index >= 15 is 0 Å². The van der Waals surface area contributed by atoms with Gasteiger partial charge in [-0.05, 0) is 45.8 Å². The Kier molecular flexibility index (Phi) is 4.55. The molecule has 0 aliphatic carbocycles. The fourth-order valence-corrected chi connectivity index (χ4v) is 2.34. The number of nitrogens with two attached hydrogens (primary N) is 1. The van der Waals surface area contributed by atoms with E-state index in [-0.39, 0.29) is 17.3 Å². The SMILES string of the molecule is CC(C)(c1ccc(F)cc1)C(N)Cc1ccc(Br)cn1. The second-order valence-electron chi connectivity index (χ2n) is 5.51. The Morgan fingerprint density at radius 3 is 2.40 bits per heavy atom. The van der Waals surface area contributed by atoms with Crippen molar-refractivity contribution in [2.75, 3.05) is 0 Å². The summed E-state index contributed by atoms with van der Waals surface area (Å²) < 4.78 is 14.0. The molecule has 0 radical (unpaired) electrons. The molecule has 1 heterocycles. The average Bonchev–Trinajstić information content (AvgIpc) is 2.42. The maximum absolute atomic E-state index is 13.0. The molecule has 0 bridgehead atoms. The highest BCUT2D eigenvalue weighted by atomic mass is 79.9. The van der Waals surface area contributed by atoms with Crippen molar-refractivity contribution in [1.82, 2.24) is 4.98 Å². The van der Waals surface area contributed by atoms with Gasteiger partial charge in [-0.2, -0.15) is 0 Å². The van der Waals surface area contributed by atoms with Crippen LogP contribution >= 0.6 is 15.9 Å². The first-order chi connectivity index (χ1) is 9.39. The molecular weight excluding hydrogens is 319 g/mol. The summed E-state index contributed by atoms with van der Waals surface area (Å²) >= 11 is 3.37. The van der Waals surface area contributed by atoms with Gasteiger partial charge < -0.3 is 5.73 Å². The summed E-state index contributed by atoms with van der Waals surface area (Å²) in [7, 11) is 0. The zero-order chi connectivity index (χ0) is 14.8. The van der Waals surface area contributed by atoms with Crippen LogP contribution < -0.4 is 5.73 Å². The van der Waals surface area contributed by atoms with E-state index in [2.05, 4.69) is 34.8 Å². The van der Waals surface area contributed by atoms with Crippen LogP contribution in [0.1, 0.15) is 25.1 Å². The Labute approximate surface area is 127 Å². The van der Waals surface area contributed by atoms with Crippen LogP contribution in [0, 0.1) is 5.82 Å². The number of hydrogen-bond donors (Lipinski definition) is 1. The lowest BCUT2D eigenvalue weighted by Gasteiger charge is -2.32. The Morgan fingerprint density at radius 1 is 1.20 bits per heavy atom. The smallest absolute Gasteiger partial charge is 0.123 e. The fourth-order valence-electron chi connectivity index (χ4n) is 2.10. The predicted octanol–water partition coefficient (Wildman–Crippen LogP) is 3.83. The molecule has 0 aliphatic rings. The minimum atomic E-state index is -0.248. The molecule has 1 aromatic heterocycles. The standard InChI is InChI=1S/C16H18BrFN2/c1-16(2,11-3-6-13(18)7-4-11)15(19)9-14-8-5-12(17)10-20-14/h3-8,10,15H,9,19H2,1-2H3. The molecule has 20 heavy (non-hydrogen) atoms. The lowest BCUT2D eigenvalue weighted by molar-refractivity contribution is 0.403. The summed E-state index contributed by atoms with van der Waals surface area (Å²) in [6.45, 7) is 4.15. The highest BCUT2D eigenvalue weighted by Crippen LogP contribution is 2.28. The van der Waals surface area contributed by atoms with Crippen LogP contribution in [0.25, 0.3) is 0 Å². The van der Waals surface area contributed by atoms with Crippen LogP contribution in [-0.2, 0) is 11.8 Å². The van der Waals surface area contributed by atoms with Crippen molar-refractivity contribution in [3.05, 3.63) is 64.1 Å². The summed E-state index contributed by atoms with van der Waals surface area (Å²) in [5, 5.41) is 0. The molecule has 4 heteroatoms. The van der Waals surface area contributed by atoms with E-state index in [1.807, 2.05) is 12.1 Å². The summed E-state index contributed by atoms with van der Waals surface area (Å²) in [6.07, 6.45) is 2.45. The maximum atomic E-state index is 13.0. The van der Waals surface area contributed by atoms with Gasteiger partial charge in [0.15, 0.2) is 0 Å². The lowest BCUT2D eigenvalue weighted by Crippen LogP contribution is -2.42. The van der Waals surface area contributed by atoms with Gasteiger partial charge in [-0.15, -0.1) is 0 Å². The van der Waals surface area contributed by atoms with Crippen molar-refractivity contribution in [3.63, 3.8) is 0 Å². The Hall–Kier alpha value is -1.26. The van der Waals surface area contributed by atoms with Gasteiger partial charge >= 0.3 is 0 Å². The first-order valence-electron chi connectivity index (χ1n) is 6.51. The van der Waals surface area contributed by atoms with Crippen molar-refractivity contribution in [1.29, 1.82) is 0 Å². The van der Waals surface area contributed by atoms with Gasteiger partial charge in [0.25, 0.3) is 0 Å². The van der Waals surface area contributed by atoms with Crippen LogP contribution in [0.15, 0.2) is 47.1 Å². The number of pyridine rings is 1. The van der Waals surface area contributed by atoms with Gasteiger partial charge in [0.05, 0.1) is 0 Å². The molecule has 0 amide bonds. The van der Waals surface area contributed by atoms with Crippen LogP contribution in [0.3, 0.4) is 0 Å². The molecule has 0 fully saturated rings. The molecule has 106 valence electrons. The van der Waals surface area contributed by atoms with E-state index in [1.54, 1.807) is 18.3 Å². The Bertz CT molecular complexity index is 564. The molecule has 1 atom stereocenters. The van der Waals surface area contributed by atoms with Crippen LogP contribution in [0.4, 0.5) is 4.39 Å². The van der Waals surface area contributed by atoms with Crippen molar-refractivity contribution in [2.45, 2.75) is 31.7 Å². The average molecular weight is 337 g/mol. The van der Waals surface area contributed by atoms with Crippen molar-refractivity contribution in [3.8, 4) is 0 Å². The molecule has 2 N–H and O–H groups in total. The van der Waals surface area contributed by atoms with Crippen molar-refractivity contribution in [2.24, 2.45) is 5.73 Å². The molecule has 2 rings (SSSR count). The third-order valence-electron chi connectivity index (χ3n) is 3.73. The number of aromatic nitrogens is 1. The van der Waals surface area contributed by atoms with E-state index in [9.17, 15) is 4.39 Å². The number of halogens is 2. The maximum Gasteiger partial charge on any atom is 0.123 e. The van der Waals surface area contributed by atoms with Gasteiger partial charge in [-0.1, -0.05) is 26.0 Å². The minimum Gasteiger partial charge on any atom is -0.327 e. The van der Waals surface area contributed by atoms with Crippen LogP contribution in [-0.4, -0.2) is 11.0 Å². The van der Waals surface area contributed by atoms with E-state index in [0.717, 1.165) is 15.7 Å². The quantitative estimate of drug-likeness (QED) is 0.921. The highest BCUT2D eigenvalue weighted by molar-refractivity contribution is 9.10. The summed E-state index contributed by atoms with van der Waals surface area (Å²) in [6, 6.07) is 10.4. The summed E-state index contributed by atoms with van der Waals surface area (Å²) in [5.41, 5.74) is 8.08. The second-order valence-corrected chi connectivity index (χ2v) is 6.42. The summed E-state index contributed by atoms with van der Waals surface area (Å²) in [4.78, 5) is 4.35. The zero-order valence-corrected chi connectivity index (χ0v) is 13.2. The molecule has 0 saturated heterocycles. The Balaban J connectivity index is 2.16. The van der Waals surface area contributed by atoms with Crippen LogP contribution in [0.5, 0.6) is 0 Å². The van der Waals surface area contributed by atoms with Gasteiger partial charge in [-0.3, -0.25) is 4.98 Å². The predicted molar refractivity (Wildman–Crippen MR) is 83.0 cm³/mol. The number of hydrogen-bond acceptors (Lipinski definition) is 2. The first-order valence-corrected chi connectivity index (χ1v) is 7.31. The Morgan fingerprint density at radius 2 is 1.85 bits per heavy atom. The van der Waals surface area contributed by atoms with E-state index in [0.29, 0.717) is 6.42 Å². The first kappa shape index (κ1) is 15.1. The van der Waals surface area contributed by atoms with E-state index in [1.165, 1.54) is 12.1 Å². The molecule has 1 aromatic carbocycles. The lowest BCUT2D eigenvalue weighted by atomic mass is 9.76. The summed E-state index contributed by atoms with van der Waals surface area (Å²) in [5.74, 6) is -0.229. The molecule has 2 aromatic rings. The molecular formula is C16H18BrFN2. The van der Waals surface area contributed by atoms with Gasteiger partial charge in [0.1, 0.15) is 5.82 Å². The van der Waals surface area contributed by atoms with Crippen molar-refractivity contribution >= 4 is 15.9 Å². The number of benzene rings is 1. The molecule has 0 saturated carbocycles. The third kappa shape index (κ3) is 3.44. The molecule has 0 spiro atoms. The second kappa shape index (κ2) is 6.02. The molecule has 0 aliphatic heterocycles. The minimum absolute atomic E-state index is 0.0957. The monoisotopic (exact) mass is 336 g/mol. The highest BCUT2D eigenvalue weighted by Gasteiger charge is 2.28. The fraction of sp³-hybridized carbons (Fsp3) is 0.312.